The summed E-state index contributed by atoms with van der Waals surface area (Å²) in [5.41, 5.74) is 3.68. The molecule has 5 rings (SSSR count). The molecule has 5 nitrogen and oxygen atoms in total. The number of amides is 1. The van der Waals surface area contributed by atoms with Crippen LogP contribution in [-0.2, 0) is 4.79 Å². The Hall–Kier alpha value is -3.86. The number of nitrogens with zero attached hydrogens (tertiary/aromatic N) is 2. The molecule has 0 aliphatic rings. The van der Waals surface area contributed by atoms with E-state index in [0.29, 0.717) is 6.42 Å². The van der Waals surface area contributed by atoms with Crippen molar-refractivity contribution in [2.24, 2.45) is 0 Å². The van der Waals surface area contributed by atoms with E-state index < -0.39 is 0 Å². The molecule has 0 saturated carbocycles. The maximum atomic E-state index is 13.0. The van der Waals surface area contributed by atoms with Crippen molar-refractivity contribution in [1.82, 2.24) is 14.5 Å². The number of carbonyl (C=O) groups excluding carboxylic acids is 1. The lowest BCUT2D eigenvalue weighted by Gasteiger charge is -2.21. The maximum Gasteiger partial charge on any atom is 0.226 e. The fraction of sp³-hybridized carbons (Fsp3) is 0.0833. The summed E-state index contributed by atoms with van der Waals surface area (Å²) in [6.45, 7) is 0. The van der Waals surface area contributed by atoms with Gasteiger partial charge in [0.1, 0.15) is 0 Å². The van der Waals surface area contributed by atoms with Crippen molar-refractivity contribution < 1.29 is 4.79 Å². The largest absolute Gasteiger partial charge is 0.346 e. The van der Waals surface area contributed by atoms with E-state index >= 15 is 0 Å². The molecule has 5 aromatic rings. The lowest BCUT2D eigenvalue weighted by molar-refractivity contribution is -0.116. The van der Waals surface area contributed by atoms with Gasteiger partial charge in [0.15, 0.2) is 0 Å². The van der Waals surface area contributed by atoms with Crippen LogP contribution in [0.3, 0.4) is 0 Å². The minimum absolute atomic E-state index is 0.0319. The smallest absolute Gasteiger partial charge is 0.226 e. The molecule has 0 aliphatic carbocycles. The Kier molecular flexibility index (Phi) is 4.33. The molecule has 0 spiro atoms. The van der Waals surface area contributed by atoms with Crippen molar-refractivity contribution in [3.05, 3.63) is 97.1 Å². The van der Waals surface area contributed by atoms with Crippen LogP contribution in [0, 0.1) is 0 Å². The first kappa shape index (κ1) is 17.3. The second kappa shape index (κ2) is 7.28. The van der Waals surface area contributed by atoms with Crippen LogP contribution in [0.2, 0.25) is 0 Å². The molecule has 142 valence electrons. The van der Waals surface area contributed by atoms with E-state index in [9.17, 15) is 4.79 Å². The van der Waals surface area contributed by atoms with Crippen molar-refractivity contribution in [3.63, 3.8) is 0 Å². The molecule has 0 unspecified atom stereocenters. The summed E-state index contributed by atoms with van der Waals surface area (Å²) < 4.78 is 2.10. The number of benzene rings is 3. The van der Waals surface area contributed by atoms with E-state index in [1.807, 2.05) is 54.9 Å². The Bertz CT molecular complexity index is 1280. The number of hydrogen-bond donors (Lipinski definition) is 2. The molecule has 0 radical (unpaired) electrons. The zero-order valence-electron chi connectivity index (χ0n) is 15.7. The third kappa shape index (κ3) is 3.38. The molecule has 29 heavy (non-hydrogen) atoms. The average molecular weight is 380 g/mol. The SMILES string of the molecule is O=C(C[C@@H](c1cccc2ccccc12)n1cccc1)Nc1ccc2nc[nH]c2c1. The van der Waals surface area contributed by atoms with E-state index in [4.69, 9.17) is 0 Å². The van der Waals surface area contributed by atoms with Gasteiger partial charge in [0.25, 0.3) is 0 Å². The van der Waals surface area contributed by atoms with Crippen LogP contribution in [0.4, 0.5) is 5.69 Å². The molecule has 1 amide bonds. The van der Waals surface area contributed by atoms with Gasteiger partial charge in [-0.05, 0) is 46.7 Å². The minimum Gasteiger partial charge on any atom is -0.346 e. The standard InChI is InChI=1S/C24H20N4O/c29-24(27-18-10-11-21-22(14-18)26-16-25-21)15-23(28-12-3-4-13-28)20-9-5-7-17-6-1-2-8-19(17)20/h1-14,16,23H,15H2,(H,25,26)(H,27,29)/t23-/m0/s1. The first-order valence-electron chi connectivity index (χ1n) is 9.61. The van der Waals surface area contributed by atoms with Crippen LogP contribution in [0.1, 0.15) is 18.0 Å². The van der Waals surface area contributed by atoms with Gasteiger partial charge in [-0.15, -0.1) is 0 Å². The Labute approximate surface area is 168 Å². The van der Waals surface area contributed by atoms with Crippen LogP contribution >= 0.6 is 0 Å². The topological polar surface area (TPSA) is 62.7 Å². The highest BCUT2D eigenvalue weighted by molar-refractivity contribution is 5.94. The Morgan fingerprint density at radius 1 is 1.00 bits per heavy atom. The summed E-state index contributed by atoms with van der Waals surface area (Å²) in [6.07, 6.45) is 6.01. The van der Waals surface area contributed by atoms with Crippen molar-refractivity contribution in [2.45, 2.75) is 12.5 Å². The van der Waals surface area contributed by atoms with Crippen molar-refractivity contribution in [1.29, 1.82) is 0 Å². The van der Waals surface area contributed by atoms with Crippen LogP contribution in [0.15, 0.2) is 91.5 Å². The lowest BCUT2D eigenvalue weighted by atomic mass is 9.96. The lowest BCUT2D eigenvalue weighted by Crippen LogP contribution is -2.19. The Balaban J connectivity index is 1.46. The number of aromatic nitrogens is 3. The summed E-state index contributed by atoms with van der Waals surface area (Å²) in [7, 11) is 0. The van der Waals surface area contributed by atoms with Crippen LogP contribution < -0.4 is 5.32 Å². The van der Waals surface area contributed by atoms with Gasteiger partial charge in [-0.1, -0.05) is 42.5 Å². The van der Waals surface area contributed by atoms with Crippen molar-refractivity contribution in [2.75, 3.05) is 5.32 Å². The first-order chi connectivity index (χ1) is 14.3. The van der Waals surface area contributed by atoms with Gasteiger partial charge in [-0.2, -0.15) is 0 Å². The highest BCUT2D eigenvalue weighted by Gasteiger charge is 2.19. The highest BCUT2D eigenvalue weighted by atomic mass is 16.1. The molecule has 2 heterocycles. The predicted molar refractivity (Wildman–Crippen MR) is 116 cm³/mol. The summed E-state index contributed by atoms with van der Waals surface area (Å²) >= 11 is 0. The molecule has 5 heteroatoms. The van der Waals surface area contributed by atoms with Gasteiger partial charge in [0.05, 0.1) is 29.8 Å². The second-order valence-electron chi connectivity index (χ2n) is 7.10. The minimum atomic E-state index is -0.0908. The number of imidazole rings is 1. The third-order valence-electron chi connectivity index (χ3n) is 5.25. The quantitative estimate of drug-likeness (QED) is 0.444. The van der Waals surface area contributed by atoms with Crippen LogP contribution in [0.5, 0.6) is 0 Å². The Morgan fingerprint density at radius 3 is 2.72 bits per heavy atom. The first-order valence-corrected chi connectivity index (χ1v) is 9.61. The molecule has 2 aromatic heterocycles. The number of H-pyrrole nitrogens is 1. The molecule has 0 aliphatic heterocycles. The molecule has 0 saturated heterocycles. The van der Waals surface area contributed by atoms with Gasteiger partial charge in [0, 0.05) is 18.1 Å². The van der Waals surface area contributed by atoms with Crippen LogP contribution in [0.25, 0.3) is 21.8 Å². The molecular weight excluding hydrogens is 360 g/mol. The number of carbonyl (C=O) groups is 1. The summed E-state index contributed by atoms with van der Waals surface area (Å²) in [5.74, 6) is -0.0319. The fourth-order valence-corrected chi connectivity index (χ4v) is 3.87. The summed E-state index contributed by atoms with van der Waals surface area (Å²) in [6, 6.07) is 24.1. The maximum absolute atomic E-state index is 13.0. The summed E-state index contributed by atoms with van der Waals surface area (Å²) in [4.78, 5) is 20.2. The predicted octanol–water partition coefficient (Wildman–Crippen LogP) is 5.14. The number of fused-ring (bicyclic) bond motifs is 2. The monoisotopic (exact) mass is 380 g/mol. The van der Waals surface area contributed by atoms with Crippen molar-refractivity contribution in [3.8, 4) is 0 Å². The van der Waals surface area contributed by atoms with Crippen molar-refractivity contribution >= 4 is 33.4 Å². The third-order valence-corrected chi connectivity index (χ3v) is 5.25. The molecule has 0 fully saturated rings. The zero-order chi connectivity index (χ0) is 19.6. The van der Waals surface area contributed by atoms with E-state index in [-0.39, 0.29) is 11.9 Å². The van der Waals surface area contributed by atoms with Crippen LogP contribution in [-0.4, -0.2) is 20.4 Å². The normalized spacial score (nSPS) is 12.3. The average Bonchev–Trinajstić information content (AvgIpc) is 3.43. The number of rotatable bonds is 5. The van der Waals surface area contributed by atoms with Gasteiger partial charge in [0.2, 0.25) is 5.91 Å². The molecular formula is C24H20N4O. The molecule has 3 aromatic carbocycles. The van der Waals surface area contributed by atoms with Gasteiger partial charge >= 0.3 is 0 Å². The summed E-state index contributed by atoms with van der Waals surface area (Å²) in [5, 5.41) is 5.37. The highest BCUT2D eigenvalue weighted by Crippen LogP contribution is 2.30. The van der Waals surface area contributed by atoms with Gasteiger partial charge in [-0.25, -0.2) is 4.98 Å². The van der Waals surface area contributed by atoms with Gasteiger partial charge < -0.3 is 14.9 Å². The zero-order valence-corrected chi connectivity index (χ0v) is 15.7. The molecule has 0 bridgehead atoms. The number of aromatic amines is 1. The number of hydrogen-bond acceptors (Lipinski definition) is 2. The molecule has 2 N–H and O–H groups in total. The second-order valence-corrected chi connectivity index (χ2v) is 7.10. The van der Waals surface area contributed by atoms with Gasteiger partial charge in [-0.3, -0.25) is 4.79 Å². The Morgan fingerprint density at radius 2 is 1.83 bits per heavy atom. The van der Waals surface area contributed by atoms with E-state index in [1.165, 1.54) is 10.8 Å². The number of nitrogens with one attached hydrogen (secondary N) is 2. The molecule has 1 atom stereocenters. The van der Waals surface area contributed by atoms with E-state index in [0.717, 1.165) is 22.3 Å². The van der Waals surface area contributed by atoms with E-state index in [1.54, 1.807) is 6.33 Å². The fourth-order valence-electron chi connectivity index (χ4n) is 3.87. The number of anilines is 1. The van der Waals surface area contributed by atoms with E-state index in [2.05, 4.69) is 50.2 Å².